The minimum absolute atomic E-state index is 0.423. The molecule has 1 aromatic carbocycles. The lowest BCUT2D eigenvalue weighted by Gasteiger charge is -2.04. The van der Waals surface area contributed by atoms with Crippen molar-refractivity contribution in [3.05, 3.63) is 54.6 Å². The van der Waals surface area contributed by atoms with Gasteiger partial charge < -0.3 is 4.74 Å². The first-order chi connectivity index (χ1) is 10.3. The number of hydrogen-bond donors (Lipinski definition) is 1. The number of aromatic amines is 1. The summed E-state index contributed by atoms with van der Waals surface area (Å²) in [5.41, 5.74) is 1.91. The third-order valence-electron chi connectivity index (χ3n) is 3.15. The summed E-state index contributed by atoms with van der Waals surface area (Å²) in [6.45, 7) is 0. The SMILES string of the molecule is O=C(Oc1ccc2cn[nH]c2c1)c1ccc2nncn2c1. The van der Waals surface area contributed by atoms with Gasteiger partial charge in [0.15, 0.2) is 5.65 Å². The average Bonchev–Trinajstić information content (AvgIpc) is 3.14. The van der Waals surface area contributed by atoms with Gasteiger partial charge in [-0.2, -0.15) is 5.10 Å². The Kier molecular flexibility index (Phi) is 2.43. The summed E-state index contributed by atoms with van der Waals surface area (Å²) in [6.07, 6.45) is 4.87. The number of carbonyl (C=O) groups is 1. The monoisotopic (exact) mass is 279 g/mol. The van der Waals surface area contributed by atoms with Crippen molar-refractivity contribution in [2.24, 2.45) is 0 Å². The Labute approximate surface area is 118 Å². The molecule has 0 spiro atoms. The first-order valence-corrected chi connectivity index (χ1v) is 6.24. The number of carbonyl (C=O) groups excluding carboxylic acids is 1. The molecule has 0 bridgehead atoms. The minimum atomic E-state index is -0.440. The number of fused-ring (bicyclic) bond motifs is 2. The van der Waals surface area contributed by atoms with Crippen LogP contribution < -0.4 is 4.74 Å². The number of benzene rings is 1. The van der Waals surface area contributed by atoms with E-state index in [1.165, 1.54) is 6.33 Å². The van der Waals surface area contributed by atoms with Crippen LogP contribution in [0, 0.1) is 0 Å². The number of nitrogens with one attached hydrogen (secondary N) is 1. The van der Waals surface area contributed by atoms with Gasteiger partial charge in [-0.05, 0) is 24.3 Å². The molecule has 7 heteroatoms. The molecule has 102 valence electrons. The van der Waals surface area contributed by atoms with Crippen molar-refractivity contribution in [1.29, 1.82) is 0 Å². The zero-order valence-corrected chi connectivity index (χ0v) is 10.7. The topological polar surface area (TPSA) is 85.2 Å². The number of H-pyrrole nitrogens is 1. The maximum Gasteiger partial charge on any atom is 0.345 e. The van der Waals surface area contributed by atoms with Crippen LogP contribution in [0.2, 0.25) is 0 Å². The summed E-state index contributed by atoms with van der Waals surface area (Å²) < 4.78 is 7.02. The molecule has 0 fully saturated rings. The van der Waals surface area contributed by atoms with Gasteiger partial charge >= 0.3 is 5.97 Å². The second-order valence-electron chi connectivity index (χ2n) is 4.52. The van der Waals surface area contributed by atoms with Gasteiger partial charge in [0.1, 0.15) is 12.1 Å². The molecule has 4 rings (SSSR count). The smallest absolute Gasteiger partial charge is 0.345 e. The van der Waals surface area contributed by atoms with Crippen molar-refractivity contribution >= 4 is 22.5 Å². The van der Waals surface area contributed by atoms with Crippen molar-refractivity contribution in [3.63, 3.8) is 0 Å². The summed E-state index contributed by atoms with van der Waals surface area (Å²) in [5.74, 6) is 0.0186. The Morgan fingerprint density at radius 3 is 3.14 bits per heavy atom. The molecular weight excluding hydrogens is 270 g/mol. The second kappa shape index (κ2) is 4.41. The van der Waals surface area contributed by atoms with Gasteiger partial charge in [-0.3, -0.25) is 9.50 Å². The van der Waals surface area contributed by atoms with Crippen LogP contribution in [-0.4, -0.2) is 30.8 Å². The van der Waals surface area contributed by atoms with Crippen molar-refractivity contribution in [2.45, 2.75) is 0 Å². The van der Waals surface area contributed by atoms with Gasteiger partial charge in [0.2, 0.25) is 0 Å². The summed E-state index contributed by atoms with van der Waals surface area (Å²) >= 11 is 0. The van der Waals surface area contributed by atoms with Crippen LogP contribution in [-0.2, 0) is 0 Å². The minimum Gasteiger partial charge on any atom is -0.423 e. The van der Waals surface area contributed by atoms with Crippen molar-refractivity contribution < 1.29 is 9.53 Å². The predicted octanol–water partition coefficient (Wildman–Crippen LogP) is 1.82. The van der Waals surface area contributed by atoms with Crippen LogP contribution in [0.5, 0.6) is 5.75 Å². The van der Waals surface area contributed by atoms with E-state index in [1.54, 1.807) is 41.1 Å². The molecule has 3 aromatic heterocycles. The molecule has 0 amide bonds. The second-order valence-corrected chi connectivity index (χ2v) is 4.52. The predicted molar refractivity (Wildman–Crippen MR) is 74.0 cm³/mol. The lowest BCUT2D eigenvalue weighted by atomic mass is 10.2. The van der Waals surface area contributed by atoms with Gasteiger partial charge in [-0.15, -0.1) is 10.2 Å². The molecule has 21 heavy (non-hydrogen) atoms. The normalized spacial score (nSPS) is 11.0. The number of hydrogen-bond acceptors (Lipinski definition) is 5. The van der Waals surface area contributed by atoms with Gasteiger partial charge in [-0.1, -0.05) is 0 Å². The molecule has 1 N–H and O–H groups in total. The zero-order valence-electron chi connectivity index (χ0n) is 10.7. The molecule has 0 saturated carbocycles. The number of esters is 1. The average molecular weight is 279 g/mol. The van der Waals surface area contributed by atoms with Crippen molar-refractivity contribution in [3.8, 4) is 5.75 Å². The Morgan fingerprint density at radius 2 is 2.19 bits per heavy atom. The maximum atomic E-state index is 12.2. The molecule has 0 saturated heterocycles. The molecule has 0 aliphatic carbocycles. The van der Waals surface area contributed by atoms with E-state index in [9.17, 15) is 4.79 Å². The molecule has 7 nitrogen and oxygen atoms in total. The summed E-state index contributed by atoms with van der Waals surface area (Å²) in [5, 5.41) is 15.4. The largest absolute Gasteiger partial charge is 0.423 e. The lowest BCUT2D eigenvalue weighted by molar-refractivity contribution is 0.0734. The number of aromatic nitrogens is 5. The first-order valence-electron chi connectivity index (χ1n) is 6.24. The van der Waals surface area contributed by atoms with Crippen LogP contribution >= 0.6 is 0 Å². The Morgan fingerprint density at radius 1 is 1.24 bits per heavy atom. The molecule has 0 aliphatic heterocycles. The Balaban J connectivity index is 1.64. The third-order valence-corrected chi connectivity index (χ3v) is 3.15. The van der Waals surface area contributed by atoms with Crippen LogP contribution in [0.3, 0.4) is 0 Å². The summed E-state index contributed by atoms with van der Waals surface area (Å²) in [4.78, 5) is 12.2. The zero-order chi connectivity index (χ0) is 14.2. The molecule has 0 aliphatic rings. The van der Waals surface area contributed by atoms with E-state index in [2.05, 4.69) is 20.4 Å². The molecule has 0 unspecified atom stereocenters. The molecular formula is C14H9N5O2. The van der Waals surface area contributed by atoms with Gasteiger partial charge in [0, 0.05) is 17.6 Å². The molecule has 0 radical (unpaired) electrons. The van der Waals surface area contributed by atoms with E-state index in [-0.39, 0.29) is 0 Å². The van der Waals surface area contributed by atoms with Crippen LogP contribution in [0.25, 0.3) is 16.6 Å². The van der Waals surface area contributed by atoms with Gasteiger partial charge in [0.25, 0.3) is 0 Å². The quantitative estimate of drug-likeness (QED) is 0.447. The highest BCUT2D eigenvalue weighted by Gasteiger charge is 2.10. The lowest BCUT2D eigenvalue weighted by Crippen LogP contribution is -2.09. The summed E-state index contributed by atoms with van der Waals surface area (Å²) in [7, 11) is 0. The highest BCUT2D eigenvalue weighted by atomic mass is 16.5. The fourth-order valence-electron chi connectivity index (χ4n) is 2.09. The Hall–Kier alpha value is -3.22. The van der Waals surface area contributed by atoms with Crippen LogP contribution in [0.15, 0.2) is 49.1 Å². The molecule has 0 atom stereocenters. The first kappa shape index (κ1) is 11.6. The highest BCUT2D eigenvalue weighted by Crippen LogP contribution is 2.19. The number of pyridine rings is 1. The van der Waals surface area contributed by atoms with E-state index in [4.69, 9.17) is 4.74 Å². The highest BCUT2D eigenvalue weighted by molar-refractivity contribution is 5.91. The molecule has 4 aromatic rings. The fraction of sp³-hybridized carbons (Fsp3) is 0. The number of nitrogens with zero attached hydrogens (tertiary/aromatic N) is 4. The van der Waals surface area contributed by atoms with E-state index in [0.717, 1.165) is 10.9 Å². The summed E-state index contributed by atoms with van der Waals surface area (Å²) in [6, 6.07) is 8.66. The number of ether oxygens (including phenoxy) is 1. The Bertz CT molecular complexity index is 956. The van der Waals surface area contributed by atoms with E-state index < -0.39 is 5.97 Å². The van der Waals surface area contributed by atoms with Crippen molar-refractivity contribution in [2.75, 3.05) is 0 Å². The van der Waals surface area contributed by atoms with Crippen LogP contribution in [0.4, 0.5) is 0 Å². The third kappa shape index (κ3) is 2.00. The van der Waals surface area contributed by atoms with E-state index >= 15 is 0 Å². The molecule has 3 heterocycles. The number of rotatable bonds is 2. The van der Waals surface area contributed by atoms with E-state index in [1.807, 2.05) is 6.07 Å². The van der Waals surface area contributed by atoms with Gasteiger partial charge in [0.05, 0.1) is 17.3 Å². The fourth-order valence-corrected chi connectivity index (χ4v) is 2.09. The maximum absolute atomic E-state index is 12.2. The van der Waals surface area contributed by atoms with Crippen LogP contribution in [0.1, 0.15) is 10.4 Å². The standard InChI is InChI=1S/C14H9N5O2/c20-14(10-2-4-13-18-16-8-19(13)7-10)21-11-3-1-9-6-15-17-12(9)5-11/h1-8H,(H,15,17). The van der Waals surface area contributed by atoms with Crippen molar-refractivity contribution in [1.82, 2.24) is 24.8 Å². The van der Waals surface area contributed by atoms with E-state index in [0.29, 0.717) is 17.0 Å². The van der Waals surface area contributed by atoms with Gasteiger partial charge in [-0.25, -0.2) is 4.79 Å².